The number of carbonyl (C=O) groups excluding carboxylic acids is 1. The molecule has 1 aliphatic rings. The zero-order valence-electron chi connectivity index (χ0n) is 15.0. The molecule has 27 heavy (non-hydrogen) atoms. The van der Waals surface area contributed by atoms with Crippen molar-refractivity contribution >= 4 is 21.6 Å². The van der Waals surface area contributed by atoms with Gasteiger partial charge in [0.25, 0.3) is 15.9 Å². The largest absolute Gasteiger partial charge is 0.337 e. The lowest BCUT2D eigenvalue weighted by Gasteiger charge is -2.21. The van der Waals surface area contributed by atoms with Crippen molar-refractivity contribution in [2.45, 2.75) is 18.2 Å². The lowest BCUT2D eigenvalue weighted by molar-refractivity contribution is 0.0765. The zero-order chi connectivity index (χ0) is 19.4. The molecule has 0 saturated carbocycles. The van der Waals surface area contributed by atoms with E-state index in [0.717, 1.165) is 13.0 Å². The van der Waals surface area contributed by atoms with Crippen LogP contribution in [0.5, 0.6) is 0 Å². The molecule has 0 radical (unpaired) electrons. The topological polar surface area (TPSA) is 78.5 Å². The highest BCUT2D eigenvalue weighted by Gasteiger charge is 2.23. The molecule has 0 aliphatic carbocycles. The maximum Gasteiger partial charge on any atom is 0.262 e. The van der Waals surface area contributed by atoms with Crippen LogP contribution in [-0.2, 0) is 10.0 Å². The first-order valence-corrected chi connectivity index (χ1v) is 10.2. The van der Waals surface area contributed by atoms with Crippen LogP contribution < -0.4 is 10.0 Å². The minimum absolute atomic E-state index is 0.0763. The summed E-state index contributed by atoms with van der Waals surface area (Å²) >= 11 is 0. The van der Waals surface area contributed by atoms with Gasteiger partial charge in [-0.05, 0) is 49.7 Å². The van der Waals surface area contributed by atoms with Crippen molar-refractivity contribution in [2.75, 3.05) is 30.9 Å². The Morgan fingerprint density at radius 3 is 2.70 bits per heavy atom. The maximum atomic E-state index is 13.8. The lowest BCUT2D eigenvalue weighted by atomic mass is 10.1. The Balaban J connectivity index is 1.90. The summed E-state index contributed by atoms with van der Waals surface area (Å²) in [5, 5.41) is 3.23. The first kappa shape index (κ1) is 19.3. The van der Waals surface area contributed by atoms with E-state index in [9.17, 15) is 17.6 Å². The van der Waals surface area contributed by atoms with Crippen LogP contribution in [0, 0.1) is 12.7 Å². The van der Waals surface area contributed by atoms with Gasteiger partial charge in [0.05, 0.1) is 10.6 Å². The van der Waals surface area contributed by atoms with Gasteiger partial charge in [-0.15, -0.1) is 0 Å². The summed E-state index contributed by atoms with van der Waals surface area (Å²) in [5.41, 5.74) is 0.903. The van der Waals surface area contributed by atoms with E-state index in [1.165, 1.54) is 30.3 Å². The average molecular weight is 391 g/mol. The average Bonchev–Trinajstić information content (AvgIpc) is 2.92. The van der Waals surface area contributed by atoms with Crippen LogP contribution >= 0.6 is 0 Å². The monoisotopic (exact) mass is 391 g/mol. The molecular weight excluding hydrogens is 369 g/mol. The highest BCUT2D eigenvalue weighted by molar-refractivity contribution is 7.92. The summed E-state index contributed by atoms with van der Waals surface area (Å²) in [7, 11) is -4.02. The van der Waals surface area contributed by atoms with E-state index in [4.69, 9.17) is 0 Å². The van der Waals surface area contributed by atoms with E-state index in [2.05, 4.69) is 10.0 Å². The highest BCUT2D eigenvalue weighted by atomic mass is 32.2. The fraction of sp³-hybridized carbons (Fsp3) is 0.316. The van der Waals surface area contributed by atoms with E-state index in [1.807, 2.05) is 0 Å². The molecule has 1 amide bonds. The molecule has 6 nitrogen and oxygen atoms in total. The second kappa shape index (κ2) is 8.06. The molecule has 0 spiro atoms. The second-order valence-electron chi connectivity index (χ2n) is 6.46. The quantitative estimate of drug-likeness (QED) is 0.839. The van der Waals surface area contributed by atoms with Crippen LogP contribution in [0.4, 0.5) is 10.1 Å². The molecule has 8 heteroatoms. The number of aryl methyl sites for hydroxylation is 1. The molecule has 1 heterocycles. The number of para-hydroxylation sites is 1. The summed E-state index contributed by atoms with van der Waals surface area (Å²) in [6.45, 7) is 4.52. The number of hydrogen-bond donors (Lipinski definition) is 2. The van der Waals surface area contributed by atoms with Crippen LogP contribution in [0.3, 0.4) is 0 Å². The summed E-state index contributed by atoms with van der Waals surface area (Å²) < 4.78 is 41.4. The predicted octanol–water partition coefficient (Wildman–Crippen LogP) is 2.37. The molecule has 0 aromatic heterocycles. The zero-order valence-corrected chi connectivity index (χ0v) is 15.9. The molecule has 1 fully saturated rings. The van der Waals surface area contributed by atoms with Crippen molar-refractivity contribution in [3.8, 4) is 0 Å². The van der Waals surface area contributed by atoms with Crippen LogP contribution in [0.1, 0.15) is 22.3 Å². The van der Waals surface area contributed by atoms with E-state index in [1.54, 1.807) is 24.0 Å². The van der Waals surface area contributed by atoms with Gasteiger partial charge in [0.15, 0.2) is 0 Å². The normalized spacial score (nSPS) is 15.3. The van der Waals surface area contributed by atoms with E-state index in [0.29, 0.717) is 30.8 Å². The third-order valence-corrected chi connectivity index (χ3v) is 5.86. The summed E-state index contributed by atoms with van der Waals surface area (Å²) in [4.78, 5) is 14.5. The number of anilines is 1. The van der Waals surface area contributed by atoms with Gasteiger partial charge >= 0.3 is 0 Å². The Hall–Kier alpha value is -2.45. The number of benzene rings is 2. The van der Waals surface area contributed by atoms with E-state index >= 15 is 0 Å². The van der Waals surface area contributed by atoms with Gasteiger partial charge in [0.1, 0.15) is 5.82 Å². The van der Waals surface area contributed by atoms with Crippen molar-refractivity contribution in [3.05, 3.63) is 59.4 Å². The number of rotatable bonds is 4. The fourth-order valence-electron chi connectivity index (χ4n) is 2.97. The number of amides is 1. The molecule has 0 unspecified atom stereocenters. The Labute approximate surface area is 158 Å². The number of carbonyl (C=O) groups is 1. The molecule has 3 rings (SSSR count). The summed E-state index contributed by atoms with van der Waals surface area (Å²) in [6.07, 6.45) is 0.845. The lowest BCUT2D eigenvalue weighted by Crippen LogP contribution is -2.34. The van der Waals surface area contributed by atoms with Crippen LogP contribution in [-0.4, -0.2) is 45.4 Å². The van der Waals surface area contributed by atoms with E-state index in [-0.39, 0.29) is 16.5 Å². The Morgan fingerprint density at radius 2 is 1.93 bits per heavy atom. The first-order chi connectivity index (χ1) is 12.9. The number of halogens is 1. The minimum atomic E-state index is -4.02. The first-order valence-electron chi connectivity index (χ1n) is 8.76. The molecular formula is C19H22FN3O3S. The van der Waals surface area contributed by atoms with Gasteiger partial charge in [-0.3, -0.25) is 9.52 Å². The van der Waals surface area contributed by atoms with E-state index < -0.39 is 15.8 Å². The number of nitrogens with one attached hydrogen (secondary N) is 2. The number of nitrogens with zero attached hydrogens (tertiary/aromatic N) is 1. The van der Waals surface area contributed by atoms with Gasteiger partial charge in [-0.1, -0.05) is 18.2 Å². The third-order valence-electron chi connectivity index (χ3n) is 4.50. The molecule has 144 valence electrons. The van der Waals surface area contributed by atoms with Crippen molar-refractivity contribution in [2.24, 2.45) is 0 Å². The third kappa shape index (κ3) is 4.45. The van der Waals surface area contributed by atoms with Crippen molar-refractivity contribution in [1.82, 2.24) is 10.2 Å². The van der Waals surface area contributed by atoms with Crippen LogP contribution in [0.15, 0.2) is 47.4 Å². The molecule has 0 atom stereocenters. The Bertz CT molecular complexity index is 939. The molecule has 1 saturated heterocycles. The van der Waals surface area contributed by atoms with Crippen molar-refractivity contribution < 1.29 is 17.6 Å². The number of sulfonamides is 1. The molecule has 1 aliphatic heterocycles. The van der Waals surface area contributed by atoms with Crippen LogP contribution in [0.2, 0.25) is 0 Å². The second-order valence-corrected chi connectivity index (χ2v) is 8.14. The summed E-state index contributed by atoms with van der Waals surface area (Å²) in [6, 6.07) is 9.91. The Morgan fingerprint density at radius 1 is 1.15 bits per heavy atom. The van der Waals surface area contributed by atoms with Gasteiger partial charge < -0.3 is 10.2 Å². The molecule has 2 N–H and O–H groups in total. The SMILES string of the molecule is Cc1ccc(S(=O)(=O)Nc2ccccc2F)cc1C(=O)N1CCCNCC1. The smallest absolute Gasteiger partial charge is 0.262 e. The molecule has 0 bridgehead atoms. The maximum absolute atomic E-state index is 13.8. The minimum Gasteiger partial charge on any atom is -0.337 e. The van der Waals surface area contributed by atoms with Gasteiger partial charge in [-0.25, -0.2) is 12.8 Å². The molecule has 2 aromatic carbocycles. The van der Waals surface area contributed by atoms with Gasteiger partial charge in [0.2, 0.25) is 0 Å². The van der Waals surface area contributed by atoms with Gasteiger partial charge in [-0.2, -0.15) is 0 Å². The van der Waals surface area contributed by atoms with Gasteiger partial charge in [0, 0.05) is 25.2 Å². The standard InChI is InChI=1S/C19H22FN3O3S/c1-14-7-8-15(27(25,26)22-18-6-3-2-5-17(18)20)13-16(14)19(24)23-11-4-9-21-10-12-23/h2-3,5-8,13,21-22H,4,9-12H2,1H3. The summed E-state index contributed by atoms with van der Waals surface area (Å²) in [5.74, 6) is -0.860. The van der Waals surface area contributed by atoms with Crippen LogP contribution in [0.25, 0.3) is 0 Å². The number of hydrogen-bond acceptors (Lipinski definition) is 4. The van der Waals surface area contributed by atoms with Crippen molar-refractivity contribution in [3.63, 3.8) is 0 Å². The Kier molecular flexibility index (Phi) is 5.76. The van der Waals surface area contributed by atoms with Crippen molar-refractivity contribution in [1.29, 1.82) is 0 Å². The fourth-order valence-corrected chi connectivity index (χ4v) is 4.06. The highest BCUT2D eigenvalue weighted by Crippen LogP contribution is 2.22. The molecule has 2 aromatic rings. The predicted molar refractivity (Wildman–Crippen MR) is 102 cm³/mol.